The van der Waals surface area contributed by atoms with Crippen molar-refractivity contribution >= 4 is 34.5 Å². The maximum absolute atomic E-state index is 6.23. The monoisotopic (exact) mass is 313 g/mol. The van der Waals surface area contributed by atoms with Gasteiger partial charge in [-0.2, -0.15) is 0 Å². The first-order valence-corrected chi connectivity index (χ1v) is 7.85. The van der Waals surface area contributed by atoms with Crippen molar-refractivity contribution in [1.29, 1.82) is 0 Å². The summed E-state index contributed by atoms with van der Waals surface area (Å²) in [5.41, 5.74) is 3.40. The molecular formula is C15H17Cl2NS. The van der Waals surface area contributed by atoms with Crippen molar-refractivity contribution in [2.45, 2.75) is 26.8 Å². The number of rotatable bonds is 4. The molecule has 0 bridgehead atoms. The SMILES string of the molecule is CCNC(c1ccc(C)c(Cl)c1)c1cc(C)c(Cl)s1. The summed E-state index contributed by atoms with van der Waals surface area (Å²) in [7, 11) is 0. The predicted octanol–water partition coefficient (Wildman–Crippen LogP) is 5.37. The molecule has 0 saturated heterocycles. The van der Waals surface area contributed by atoms with E-state index < -0.39 is 0 Å². The van der Waals surface area contributed by atoms with Crippen LogP contribution in [0.3, 0.4) is 0 Å². The van der Waals surface area contributed by atoms with E-state index in [1.165, 1.54) is 10.4 Å². The summed E-state index contributed by atoms with van der Waals surface area (Å²) in [5, 5.41) is 4.30. The first-order valence-electron chi connectivity index (χ1n) is 6.28. The lowest BCUT2D eigenvalue weighted by atomic mass is 10.0. The van der Waals surface area contributed by atoms with Gasteiger partial charge in [0.2, 0.25) is 0 Å². The molecule has 0 aliphatic rings. The van der Waals surface area contributed by atoms with E-state index in [4.69, 9.17) is 23.2 Å². The molecule has 0 aliphatic heterocycles. The van der Waals surface area contributed by atoms with Gasteiger partial charge >= 0.3 is 0 Å². The van der Waals surface area contributed by atoms with Crippen LogP contribution in [0.25, 0.3) is 0 Å². The third kappa shape index (κ3) is 3.32. The van der Waals surface area contributed by atoms with Crippen LogP contribution >= 0.6 is 34.5 Å². The van der Waals surface area contributed by atoms with E-state index in [1.54, 1.807) is 11.3 Å². The number of hydrogen-bond acceptors (Lipinski definition) is 2. The lowest BCUT2D eigenvalue weighted by molar-refractivity contribution is 0.639. The highest BCUT2D eigenvalue weighted by Crippen LogP contribution is 2.35. The number of halogens is 2. The fraction of sp³-hybridized carbons (Fsp3) is 0.333. The molecular weight excluding hydrogens is 297 g/mol. The summed E-state index contributed by atoms with van der Waals surface area (Å²) in [5.74, 6) is 0. The number of hydrogen-bond donors (Lipinski definition) is 1. The van der Waals surface area contributed by atoms with E-state index >= 15 is 0 Å². The van der Waals surface area contributed by atoms with Gasteiger partial charge in [-0.05, 0) is 49.2 Å². The molecule has 102 valence electrons. The van der Waals surface area contributed by atoms with E-state index in [2.05, 4.69) is 30.4 Å². The molecule has 1 aromatic carbocycles. The fourth-order valence-electron chi connectivity index (χ4n) is 2.00. The Morgan fingerprint density at radius 1 is 1.16 bits per heavy atom. The van der Waals surface area contributed by atoms with Gasteiger partial charge in [-0.25, -0.2) is 0 Å². The van der Waals surface area contributed by atoms with Crippen LogP contribution in [0.5, 0.6) is 0 Å². The van der Waals surface area contributed by atoms with Crippen molar-refractivity contribution in [2.75, 3.05) is 6.54 Å². The zero-order chi connectivity index (χ0) is 14.0. The van der Waals surface area contributed by atoms with Crippen LogP contribution in [0.15, 0.2) is 24.3 Å². The summed E-state index contributed by atoms with van der Waals surface area (Å²) in [6.45, 7) is 7.05. The molecule has 1 unspecified atom stereocenters. The Hall–Kier alpha value is -0.540. The average Bonchev–Trinajstić information content (AvgIpc) is 2.70. The minimum absolute atomic E-state index is 0.152. The maximum Gasteiger partial charge on any atom is 0.0961 e. The summed E-state index contributed by atoms with van der Waals surface area (Å²) in [4.78, 5) is 1.23. The summed E-state index contributed by atoms with van der Waals surface area (Å²) < 4.78 is 0.858. The lowest BCUT2D eigenvalue weighted by Crippen LogP contribution is -2.21. The van der Waals surface area contributed by atoms with Crippen molar-refractivity contribution in [3.63, 3.8) is 0 Å². The van der Waals surface area contributed by atoms with Crippen LogP contribution in [-0.4, -0.2) is 6.54 Å². The summed E-state index contributed by atoms with van der Waals surface area (Å²) in [6.07, 6.45) is 0. The zero-order valence-corrected chi connectivity index (χ0v) is 13.6. The third-order valence-electron chi connectivity index (χ3n) is 3.10. The molecule has 0 spiro atoms. The van der Waals surface area contributed by atoms with Gasteiger partial charge in [-0.3, -0.25) is 0 Å². The Morgan fingerprint density at radius 3 is 2.42 bits per heavy atom. The van der Waals surface area contributed by atoms with Crippen molar-refractivity contribution < 1.29 is 0 Å². The fourth-order valence-corrected chi connectivity index (χ4v) is 3.51. The van der Waals surface area contributed by atoms with Crippen molar-refractivity contribution in [3.05, 3.63) is 55.2 Å². The molecule has 0 radical (unpaired) electrons. The topological polar surface area (TPSA) is 12.0 Å². The Morgan fingerprint density at radius 2 is 1.89 bits per heavy atom. The van der Waals surface area contributed by atoms with Gasteiger partial charge in [-0.1, -0.05) is 42.3 Å². The van der Waals surface area contributed by atoms with Gasteiger partial charge in [0.15, 0.2) is 0 Å². The first-order chi connectivity index (χ1) is 9.02. The van der Waals surface area contributed by atoms with Gasteiger partial charge in [0.1, 0.15) is 0 Å². The molecule has 4 heteroatoms. The largest absolute Gasteiger partial charge is 0.306 e. The molecule has 0 saturated carbocycles. The highest BCUT2D eigenvalue weighted by Gasteiger charge is 2.17. The minimum Gasteiger partial charge on any atom is -0.306 e. The van der Waals surface area contributed by atoms with Crippen LogP contribution in [0.2, 0.25) is 9.36 Å². The average molecular weight is 314 g/mol. The highest BCUT2D eigenvalue weighted by molar-refractivity contribution is 7.16. The molecule has 1 N–H and O–H groups in total. The minimum atomic E-state index is 0.152. The normalized spacial score (nSPS) is 12.7. The summed E-state index contributed by atoms with van der Waals surface area (Å²) in [6, 6.07) is 8.52. The molecule has 1 heterocycles. The molecule has 19 heavy (non-hydrogen) atoms. The second kappa shape index (κ2) is 6.27. The van der Waals surface area contributed by atoms with E-state index in [1.807, 2.05) is 19.9 Å². The number of thiophene rings is 1. The van der Waals surface area contributed by atoms with Crippen molar-refractivity contribution in [2.24, 2.45) is 0 Å². The van der Waals surface area contributed by atoms with Crippen LogP contribution in [0.4, 0.5) is 0 Å². The van der Waals surface area contributed by atoms with Crippen molar-refractivity contribution in [1.82, 2.24) is 5.32 Å². The highest BCUT2D eigenvalue weighted by atomic mass is 35.5. The Bertz CT molecular complexity index is 558. The Labute approximate surface area is 128 Å². The first kappa shape index (κ1) is 14.9. The van der Waals surface area contributed by atoms with E-state index in [0.29, 0.717) is 0 Å². The van der Waals surface area contributed by atoms with Crippen LogP contribution in [0, 0.1) is 13.8 Å². The molecule has 1 atom stereocenters. The van der Waals surface area contributed by atoms with Crippen LogP contribution < -0.4 is 5.32 Å². The molecule has 0 fully saturated rings. The molecule has 1 nitrogen and oxygen atoms in total. The number of benzene rings is 1. The quantitative estimate of drug-likeness (QED) is 0.800. The van der Waals surface area contributed by atoms with Crippen molar-refractivity contribution in [3.8, 4) is 0 Å². The number of nitrogens with one attached hydrogen (secondary N) is 1. The summed E-state index contributed by atoms with van der Waals surface area (Å²) >= 11 is 14.0. The van der Waals surface area contributed by atoms with Gasteiger partial charge < -0.3 is 5.32 Å². The standard InChI is InChI=1S/C15H17Cl2NS/c1-4-18-14(13-7-10(3)15(17)19-13)11-6-5-9(2)12(16)8-11/h5-8,14,18H,4H2,1-3H3. The predicted molar refractivity (Wildman–Crippen MR) is 85.8 cm³/mol. The van der Waals surface area contributed by atoms with Gasteiger partial charge in [0.05, 0.1) is 10.4 Å². The molecule has 0 amide bonds. The second-order valence-corrected chi connectivity index (χ2v) is 6.70. The van der Waals surface area contributed by atoms with Crippen LogP contribution in [-0.2, 0) is 0 Å². The Kier molecular flexibility index (Phi) is 4.91. The molecule has 0 aliphatic carbocycles. The molecule has 1 aromatic heterocycles. The lowest BCUT2D eigenvalue weighted by Gasteiger charge is -2.17. The third-order valence-corrected chi connectivity index (χ3v) is 5.13. The van der Waals surface area contributed by atoms with E-state index in [0.717, 1.165) is 27.0 Å². The van der Waals surface area contributed by atoms with E-state index in [9.17, 15) is 0 Å². The maximum atomic E-state index is 6.23. The smallest absolute Gasteiger partial charge is 0.0961 e. The van der Waals surface area contributed by atoms with Crippen LogP contribution in [0.1, 0.15) is 34.5 Å². The molecule has 2 rings (SSSR count). The molecule has 2 aromatic rings. The van der Waals surface area contributed by atoms with Gasteiger partial charge in [0, 0.05) is 9.90 Å². The second-order valence-electron chi connectivity index (χ2n) is 4.60. The van der Waals surface area contributed by atoms with Gasteiger partial charge in [0.25, 0.3) is 0 Å². The Balaban J connectivity index is 2.41. The van der Waals surface area contributed by atoms with Gasteiger partial charge in [-0.15, -0.1) is 11.3 Å². The zero-order valence-electron chi connectivity index (χ0n) is 11.3. The van der Waals surface area contributed by atoms with E-state index in [-0.39, 0.29) is 6.04 Å². The number of aryl methyl sites for hydroxylation is 2.